The molecule has 3 heterocycles. The van der Waals surface area contributed by atoms with Gasteiger partial charge >= 0.3 is 0 Å². The van der Waals surface area contributed by atoms with E-state index in [0.29, 0.717) is 24.0 Å². The monoisotopic (exact) mass is 393 g/mol. The number of hydrogen-bond acceptors (Lipinski definition) is 3. The van der Waals surface area contributed by atoms with E-state index >= 15 is 0 Å². The molecule has 3 aliphatic heterocycles. The molecule has 3 rings (SSSR count). The molecule has 3 unspecified atom stereocenters. The molecule has 1 amide bonds. The van der Waals surface area contributed by atoms with Crippen LogP contribution in [0.15, 0.2) is 0 Å². The second-order valence-electron chi connectivity index (χ2n) is 8.02. The summed E-state index contributed by atoms with van der Waals surface area (Å²) in [5.74, 6) is 0.897. The van der Waals surface area contributed by atoms with Gasteiger partial charge in [-0.3, -0.25) is 9.69 Å². The van der Waals surface area contributed by atoms with Gasteiger partial charge in [-0.05, 0) is 64.0 Å². The van der Waals surface area contributed by atoms with Crippen molar-refractivity contribution in [3.63, 3.8) is 0 Å². The zero-order valence-corrected chi connectivity index (χ0v) is 17.3. The average molecular weight is 394 g/mol. The van der Waals surface area contributed by atoms with Crippen molar-refractivity contribution in [1.82, 2.24) is 15.5 Å². The van der Waals surface area contributed by atoms with E-state index in [1.807, 2.05) is 0 Å². The molecule has 6 heteroatoms. The quantitative estimate of drug-likeness (QED) is 0.695. The molecule has 2 N–H and O–H groups in total. The van der Waals surface area contributed by atoms with E-state index in [4.69, 9.17) is 0 Å². The molecule has 148 valence electrons. The maximum Gasteiger partial charge on any atom is 0.220 e. The minimum Gasteiger partial charge on any atom is -0.355 e. The summed E-state index contributed by atoms with van der Waals surface area (Å²) >= 11 is 0. The van der Waals surface area contributed by atoms with E-state index in [1.165, 1.54) is 70.9 Å². The molecule has 25 heavy (non-hydrogen) atoms. The van der Waals surface area contributed by atoms with Crippen molar-refractivity contribution in [3.05, 3.63) is 0 Å². The van der Waals surface area contributed by atoms with Crippen molar-refractivity contribution in [3.8, 4) is 0 Å². The molecule has 3 atom stereocenters. The number of amides is 1. The summed E-state index contributed by atoms with van der Waals surface area (Å²) in [5.41, 5.74) is 0. The lowest BCUT2D eigenvalue weighted by atomic mass is 9.89. The molecule has 0 saturated carbocycles. The van der Waals surface area contributed by atoms with Crippen molar-refractivity contribution in [2.24, 2.45) is 5.92 Å². The molecule has 0 aromatic carbocycles. The highest BCUT2D eigenvalue weighted by Crippen LogP contribution is 2.32. The van der Waals surface area contributed by atoms with Crippen LogP contribution >= 0.6 is 24.8 Å². The third-order valence-electron chi connectivity index (χ3n) is 6.13. The number of nitrogens with zero attached hydrogens (tertiary/aromatic N) is 1. The van der Waals surface area contributed by atoms with Crippen LogP contribution in [0.5, 0.6) is 0 Å². The number of carbonyl (C=O) groups excluding carboxylic acids is 1. The Hall–Kier alpha value is -0.0300. The second kappa shape index (κ2) is 11.6. The number of piperidine rings is 2. The standard InChI is InChI=1S/C19H35N3O.2ClH/c1-2-3-9-22-10-5-4-6-18(22)14-20-19(23)13-15-11-16-7-8-17(12-15)21-16;;/h15-18,21H,2-14H2,1H3,(H,20,23);2*1H. The van der Waals surface area contributed by atoms with Crippen LogP contribution in [0.3, 0.4) is 0 Å². The third kappa shape index (κ3) is 6.89. The zero-order valence-electron chi connectivity index (χ0n) is 15.7. The highest BCUT2D eigenvalue weighted by molar-refractivity contribution is 5.85. The van der Waals surface area contributed by atoms with Gasteiger partial charge in [0.2, 0.25) is 5.91 Å². The number of carbonyl (C=O) groups is 1. The molecule has 4 nitrogen and oxygen atoms in total. The van der Waals surface area contributed by atoms with E-state index in [2.05, 4.69) is 22.5 Å². The Labute approximate surface area is 166 Å². The largest absolute Gasteiger partial charge is 0.355 e. The third-order valence-corrected chi connectivity index (χ3v) is 6.13. The summed E-state index contributed by atoms with van der Waals surface area (Å²) in [6.07, 6.45) is 12.2. The summed E-state index contributed by atoms with van der Waals surface area (Å²) in [4.78, 5) is 15.0. The molecule has 0 radical (unpaired) electrons. The predicted octanol–water partition coefficient (Wildman–Crippen LogP) is 3.52. The molecular formula is C19H37Cl2N3O. The fraction of sp³-hybridized carbons (Fsp3) is 0.947. The van der Waals surface area contributed by atoms with Crippen molar-refractivity contribution in [2.75, 3.05) is 19.6 Å². The fourth-order valence-electron chi connectivity index (χ4n) is 4.85. The van der Waals surface area contributed by atoms with Crippen molar-refractivity contribution in [2.45, 2.75) is 89.3 Å². The summed E-state index contributed by atoms with van der Waals surface area (Å²) in [6, 6.07) is 1.95. The number of rotatable bonds is 7. The SMILES string of the molecule is CCCCN1CCCCC1CNC(=O)CC1CC2CCC(C1)N2.Cl.Cl. The minimum absolute atomic E-state index is 0. The molecule has 0 aromatic rings. The number of halogens is 2. The number of unbranched alkanes of at least 4 members (excludes halogenated alkanes) is 1. The van der Waals surface area contributed by atoms with Crippen molar-refractivity contribution in [1.29, 1.82) is 0 Å². The number of fused-ring (bicyclic) bond motifs is 2. The number of hydrogen-bond donors (Lipinski definition) is 2. The van der Waals surface area contributed by atoms with Gasteiger partial charge in [-0.25, -0.2) is 0 Å². The first-order valence-electron chi connectivity index (χ1n) is 10.0. The van der Waals surface area contributed by atoms with Gasteiger partial charge in [-0.2, -0.15) is 0 Å². The number of nitrogens with one attached hydrogen (secondary N) is 2. The predicted molar refractivity (Wildman–Crippen MR) is 109 cm³/mol. The number of likely N-dealkylation sites (tertiary alicyclic amines) is 1. The van der Waals surface area contributed by atoms with Crippen LogP contribution in [0.25, 0.3) is 0 Å². The van der Waals surface area contributed by atoms with Crippen molar-refractivity contribution < 1.29 is 4.79 Å². The van der Waals surface area contributed by atoms with Crippen LogP contribution in [0.2, 0.25) is 0 Å². The molecule has 3 saturated heterocycles. The van der Waals surface area contributed by atoms with Gasteiger partial charge < -0.3 is 10.6 Å². The lowest BCUT2D eigenvalue weighted by molar-refractivity contribution is -0.122. The Bertz CT molecular complexity index is 385. The van der Waals surface area contributed by atoms with Gasteiger partial charge in [0.15, 0.2) is 0 Å². The topological polar surface area (TPSA) is 44.4 Å². The van der Waals surface area contributed by atoms with Gasteiger partial charge in [-0.15, -0.1) is 24.8 Å². The molecule has 0 aliphatic carbocycles. The molecular weight excluding hydrogens is 357 g/mol. The second-order valence-corrected chi connectivity index (χ2v) is 8.02. The normalized spacial score (nSPS) is 31.7. The molecule has 0 aromatic heterocycles. The van der Waals surface area contributed by atoms with E-state index in [-0.39, 0.29) is 30.7 Å². The average Bonchev–Trinajstić information content (AvgIpc) is 2.90. The van der Waals surface area contributed by atoms with Crippen LogP contribution < -0.4 is 10.6 Å². The Kier molecular flexibility index (Phi) is 10.7. The van der Waals surface area contributed by atoms with E-state index in [0.717, 1.165) is 13.0 Å². The highest BCUT2D eigenvalue weighted by atomic mass is 35.5. The van der Waals surface area contributed by atoms with Crippen molar-refractivity contribution >= 4 is 30.7 Å². The lowest BCUT2D eigenvalue weighted by Gasteiger charge is -2.36. The zero-order chi connectivity index (χ0) is 16.1. The summed E-state index contributed by atoms with van der Waals surface area (Å²) in [7, 11) is 0. The summed E-state index contributed by atoms with van der Waals surface area (Å²) in [6.45, 7) is 5.54. The van der Waals surface area contributed by atoms with Gasteiger partial charge in [0, 0.05) is 31.1 Å². The van der Waals surface area contributed by atoms with E-state index in [9.17, 15) is 4.79 Å². The first-order chi connectivity index (χ1) is 11.2. The van der Waals surface area contributed by atoms with Crippen LogP contribution in [-0.2, 0) is 4.79 Å². The fourth-order valence-corrected chi connectivity index (χ4v) is 4.85. The minimum atomic E-state index is 0. The summed E-state index contributed by atoms with van der Waals surface area (Å²) < 4.78 is 0. The Balaban J connectivity index is 0.00000156. The Morgan fingerprint density at radius 1 is 1.12 bits per heavy atom. The highest BCUT2D eigenvalue weighted by Gasteiger charge is 2.34. The molecule has 3 aliphatic rings. The Morgan fingerprint density at radius 2 is 1.84 bits per heavy atom. The van der Waals surface area contributed by atoms with Gasteiger partial charge in [-0.1, -0.05) is 19.8 Å². The van der Waals surface area contributed by atoms with E-state index in [1.54, 1.807) is 0 Å². The first-order valence-corrected chi connectivity index (χ1v) is 10.0. The summed E-state index contributed by atoms with van der Waals surface area (Å²) in [5, 5.41) is 6.92. The molecule has 0 spiro atoms. The van der Waals surface area contributed by atoms with Gasteiger partial charge in [0.25, 0.3) is 0 Å². The van der Waals surface area contributed by atoms with Gasteiger partial charge in [0.05, 0.1) is 0 Å². The maximum atomic E-state index is 12.4. The maximum absolute atomic E-state index is 12.4. The smallest absolute Gasteiger partial charge is 0.220 e. The van der Waals surface area contributed by atoms with Crippen LogP contribution in [0.1, 0.15) is 71.1 Å². The van der Waals surface area contributed by atoms with Crippen LogP contribution in [-0.4, -0.2) is 48.6 Å². The van der Waals surface area contributed by atoms with Crippen LogP contribution in [0, 0.1) is 5.92 Å². The van der Waals surface area contributed by atoms with E-state index < -0.39 is 0 Å². The molecule has 2 bridgehead atoms. The van der Waals surface area contributed by atoms with Gasteiger partial charge in [0.1, 0.15) is 0 Å². The molecule has 3 fully saturated rings. The Morgan fingerprint density at radius 3 is 2.52 bits per heavy atom. The lowest BCUT2D eigenvalue weighted by Crippen LogP contribution is -2.47. The van der Waals surface area contributed by atoms with Crippen LogP contribution in [0.4, 0.5) is 0 Å². The first kappa shape index (κ1) is 23.0.